The number of nitrogens with zero attached hydrogens (tertiary/aromatic N) is 3. The molecule has 10 nitrogen and oxygen atoms in total. The Morgan fingerprint density at radius 3 is 2.77 bits per heavy atom. The number of likely N-dealkylation sites (tertiary alicyclic amines) is 2. The molecule has 3 aliphatic rings. The molecule has 0 spiro atoms. The van der Waals surface area contributed by atoms with Gasteiger partial charge in [0, 0.05) is 39.0 Å². The van der Waals surface area contributed by atoms with Gasteiger partial charge in [0.1, 0.15) is 0 Å². The highest BCUT2D eigenvalue weighted by atomic mass is 16.5. The number of nitrogens with one attached hydrogen (secondary N) is 2. The Morgan fingerprint density at radius 1 is 1.35 bits per heavy atom. The molecule has 0 aliphatic carbocycles. The molecule has 3 fully saturated rings. The number of carbonyl (C=O) groups is 3. The summed E-state index contributed by atoms with van der Waals surface area (Å²) in [4.78, 5) is 39.0. The number of fused-ring (bicyclic) bond motifs is 1. The number of aromatic amines is 1. The number of H-pyrrole nitrogens is 1. The van der Waals surface area contributed by atoms with E-state index in [1.807, 2.05) is 4.90 Å². The number of likely N-dealkylation sites (N-methyl/N-ethyl adjacent to an activating group) is 1. The predicted molar refractivity (Wildman–Crippen MR) is 112 cm³/mol. The molecule has 2 amide bonds. The van der Waals surface area contributed by atoms with Crippen molar-refractivity contribution in [3.8, 4) is 0 Å². The van der Waals surface area contributed by atoms with Crippen molar-refractivity contribution in [3.05, 3.63) is 18.0 Å². The molecule has 3 saturated heterocycles. The molecule has 0 radical (unpaired) electrons. The maximum atomic E-state index is 13.4. The van der Waals surface area contributed by atoms with Crippen LogP contribution in [0.3, 0.4) is 0 Å². The Morgan fingerprint density at radius 2 is 2.10 bits per heavy atom. The summed E-state index contributed by atoms with van der Waals surface area (Å²) >= 11 is 0. The molecule has 0 saturated carbocycles. The molecule has 0 aromatic carbocycles. The molecule has 3 N–H and O–H groups in total. The SMILES string of the molecule is CN1CC[C@]2(C(=O)NCC3CCOCC3)CCCN(C(=O)c3cn[nH]c3)[C@H]2C1.O=CO. The van der Waals surface area contributed by atoms with E-state index in [2.05, 4.69) is 27.5 Å². The average Bonchev–Trinajstić information content (AvgIpc) is 3.33. The van der Waals surface area contributed by atoms with E-state index in [9.17, 15) is 9.59 Å². The third kappa shape index (κ3) is 5.24. The average molecular weight is 436 g/mol. The van der Waals surface area contributed by atoms with E-state index in [0.717, 1.165) is 58.4 Å². The van der Waals surface area contributed by atoms with Crippen LogP contribution in [0.5, 0.6) is 0 Å². The first-order chi connectivity index (χ1) is 15.0. The van der Waals surface area contributed by atoms with Crippen LogP contribution >= 0.6 is 0 Å². The van der Waals surface area contributed by atoms with Gasteiger partial charge in [0.2, 0.25) is 5.91 Å². The van der Waals surface area contributed by atoms with Crippen molar-refractivity contribution in [2.24, 2.45) is 11.3 Å². The van der Waals surface area contributed by atoms with Gasteiger partial charge in [0.25, 0.3) is 12.4 Å². The van der Waals surface area contributed by atoms with Crippen LogP contribution in [0.1, 0.15) is 42.5 Å². The third-order valence-electron chi connectivity index (χ3n) is 6.81. The lowest BCUT2D eigenvalue weighted by atomic mass is 9.67. The molecule has 1 aromatic heterocycles. The topological polar surface area (TPSA) is 128 Å². The summed E-state index contributed by atoms with van der Waals surface area (Å²) in [6.45, 7) is 4.33. The van der Waals surface area contributed by atoms with E-state index in [-0.39, 0.29) is 24.3 Å². The molecule has 1 aromatic rings. The van der Waals surface area contributed by atoms with Crippen LogP contribution in [0.4, 0.5) is 0 Å². The number of carboxylic acid groups (broad SMARTS) is 1. The zero-order valence-electron chi connectivity index (χ0n) is 18.1. The monoisotopic (exact) mass is 435 g/mol. The molecule has 31 heavy (non-hydrogen) atoms. The van der Waals surface area contributed by atoms with Gasteiger partial charge in [-0.3, -0.25) is 19.5 Å². The van der Waals surface area contributed by atoms with E-state index < -0.39 is 5.41 Å². The minimum atomic E-state index is -0.491. The van der Waals surface area contributed by atoms with Crippen molar-refractivity contribution in [3.63, 3.8) is 0 Å². The van der Waals surface area contributed by atoms with E-state index in [1.165, 1.54) is 0 Å². The predicted octanol–water partition coefficient (Wildman–Crippen LogP) is 0.580. The Hall–Kier alpha value is -2.46. The highest BCUT2D eigenvalue weighted by Gasteiger charge is 2.53. The highest BCUT2D eigenvalue weighted by Crippen LogP contribution is 2.43. The first-order valence-electron chi connectivity index (χ1n) is 10.9. The molecule has 0 bridgehead atoms. The Kier molecular flexibility index (Phi) is 8.03. The summed E-state index contributed by atoms with van der Waals surface area (Å²) < 4.78 is 5.42. The molecular formula is C21H33N5O5. The van der Waals surface area contributed by atoms with Crippen LogP contribution in [-0.2, 0) is 14.3 Å². The fraction of sp³-hybridized carbons (Fsp3) is 0.714. The fourth-order valence-electron chi connectivity index (χ4n) is 5.05. The van der Waals surface area contributed by atoms with Crippen LogP contribution in [0.15, 0.2) is 12.4 Å². The zero-order chi connectivity index (χ0) is 22.3. The van der Waals surface area contributed by atoms with Gasteiger partial charge in [-0.15, -0.1) is 0 Å². The van der Waals surface area contributed by atoms with Crippen molar-refractivity contribution in [1.82, 2.24) is 25.3 Å². The van der Waals surface area contributed by atoms with Crippen LogP contribution in [0.25, 0.3) is 0 Å². The number of carbonyl (C=O) groups excluding carboxylic acids is 2. The van der Waals surface area contributed by atoms with E-state index in [4.69, 9.17) is 14.6 Å². The molecule has 0 unspecified atom stereocenters. The number of rotatable bonds is 4. The second-order valence-electron chi connectivity index (χ2n) is 8.64. The van der Waals surface area contributed by atoms with Gasteiger partial charge >= 0.3 is 0 Å². The minimum absolute atomic E-state index is 0.0321. The normalized spacial score (nSPS) is 26.9. The molecule has 4 rings (SSSR count). The lowest BCUT2D eigenvalue weighted by Crippen LogP contribution is -2.66. The van der Waals surface area contributed by atoms with Crippen molar-refractivity contribution >= 4 is 18.3 Å². The van der Waals surface area contributed by atoms with Gasteiger partial charge in [0.15, 0.2) is 0 Å². The number of hydrogen-bond donors (Lipinski definition) is 3. The van der Waals surface area contributed by atoms with Crippen LogP contribution in [0.2, 0.25) is 0 Å². The van der Waals surface area contributed by atoms with Gasteiger partial charge in [-0.1, -0.05) is 0 Å². The molecule has 4 heterocycles. The summed E-state index contributed by atoms with van der Waals surface area (Å²) in [7, 11) is 2.07. The van der Waals surface area contributed by atoms with Crippen molar-refractivity contribution in [2.45, 2.75) is 38.1 Å². The summed E-state index contributed by atoms with van der Waals surface area (Å²) in [5.41, 5.74) is 0.0710. The quantitative estimate of drug-likeness (QED) is 0.590. The maximum absolute atomic E-state index is 13.4. The summed E-state index contributed by atoms with van der Waals surface area (Å²) in [6.07, 6.45) is 7.71. The Bertz CT molecular complexity index is 737. The number of ether oxygens (including phenoxy) is 1. The van der Waals surface area contributed by atoms with Crippen LogP contribution in [-0.4, -0.2) is 95.9 Å². The molecular weight excluding hydrogens is 402 g/mol. The molecule has 3 aliphatic heterocycles. The standard InChI is InChI=1S/C20H31N5O3.CH2O2/c1-24-8-6-20(19(27)21-11-15-3-9-28-10-4-15)5-2-7-25(17(20)14-24)18(26)16-12-22-23-13-16;2-1-3/h12-13,15,17H,2-11,14H2,1H3,(H,21,27)(H,22,23);1H,(H,2,3)/t17-,20+;/m0./s1. The second-order valence-corrected chi connectivity index (χ2v) is 8.64. The van der Waals surface area contributed by atoms with E-state index >= 15 is 0 Å². The smallest absolute Gasteiger partial charge is 0.290 e. The first kappa shape index (κ1) is 23.2. The van der Waals surface area contributed by atoms with Crippen molar-refractivity contribution in [2.75, 3.05) is 46.4 Å². The van der Waals surface area contributed by atoms with E-state index in [0.29, 0.717) is 24.6 Å². The Balaban J connectivity index is 0.000000858. The molecule has 2 atom stereocenters. The zero-order valence-corrected chi connectivity index (χ0v) is 18.1. The van der Waals surface area contributed by atoms with Crippen LogP contribution in [0, 0.1) is 11.3 Å². The number of amides is 2. The molecule has 172 valence electrons. The summed E-state index contributed by atoms with van der Waals surface area (Å²) in [5.74, 6) is 0.586. The lowest BCUT2D eigenvalue weighted by molar-refractivity contribution is -0.142. The van der Waals surface area contributed by atoms with Crippen molar-refractivity contribution in [1.29, 1.82) is 0 Å². The minimum Gasteiger partial charge on any atom is -0.483 e. The van der Waals surface area contributed by atoms with Gasteiger partial charge in [-0.05, 0) is 51.6 Å². The lowest BCUT2D eigenvalue weighted by Gasteiger charge is -2.53. The Labute approximate surface area is 182 Å². The number of aromatic nitrogens is 2. The van der Waals surface area contributed by atoms with Gasteiger partial charge in [-0.2, -0.15) is 5.10 Å². The number of piperidine rings is 2. The third-order valence-corrected chi connectivity index (χ3v) is 6.81. The van der Waals surface area contributed by atoms with Gasteiger partial charge < -0.3 is 25.0 Å². The largest absolute Gasteiger partial charge is 0.483 e. The first-order valence-corrected chi connectivity index (χ1v) is 10.9. The van der Waals surface area contributed by atoms with E-state index in [1.54, 1.807) is 12.4 Å². The molecule has 10 heteroatoms. The maximum Gasteiger partial charge on any atom is 0.290 e. The highest BCUT2D eigenvalue weighted by molar-refractivity contribution is 5.95. The summed E-state index contributed by atoms with van der Waals surface area (Å²) in [6, 6.07) is -0.0999. The van der Waals surface area contributed by atoms with Gasteiger partial charge in [-0.25, -0.2) is 0 Å². The number of hydrogen-bond acceptors (Lipinski definition) is 6. The van der Waals surface area contributed by atoms with Gasteiger partial charge in [0.05, 0.1) is 23.2 Å². The van der Waals surface area contributed by atoms with Crippen LogP contribution < -0.4 is 5.32 Å². The summed E-state index contributed by atoms with van der Waals surface area (Å²) in [5, 5.41) is 16.8. The second kappa shape index (κ2) is 10.7. The van der Waals surface area contributed by atoms with Crippen molar-refractivity contribution < 1.29 is 24.2 Å². The fourth-order valence-corrected chi connectivity index (χ4v) is 5.05.